The number of rotatable bonds is 12. The van der Waals surface area contributed by atoms with Crippen LogP contribution in [-0.2, 0) is 66.8 Å². The summed E-state index contributed by atoms with van der Waals surface area (Å²) in [5.41, 5.74) is -6.38. The van der Waals surface area contributed by atoms with Crippen molar-refractivity contribution in [1.29, 1.82) is 0 Å². The van der Waals surface area contributed by atoms with E-state index in [4.69, 9.17) is 38.6 Å². The number of carbonyl (C=O) groups excluding carboxylic acids is 6. The lowest BCUT2D eigenvalue weighted by Gasteiger charge is -2.36. The molecule has 0 fully saturated rings. The Labute approximate surface area is 352 Å². The van der Waals surface area contributed by atoms with Crippen molar-refractivity contribution in [2.45, 2.75) is 181 Å². The summed E-state index contributed by atoms with van der Waals surface area (Å²) < 4.78 is 31.5. The molecule has 18 heteroatoms. The fourth-order valence-electron chi connectivity index (χ4n) is 5.58. The molecule has 0 amide bonds. The standard InChI is InChI=1S/2C21H33NO8/c2*1-19(2,3)28-16(25)14(22-13-10-9-12(11-13)15(23)24)21(7,8)30-18(27)17(26)29-20(4,5)6/h2*9-10,12-14,22H,11H2,1-8H3,(H,23,24)/t2*12-,13+,14?/m10/s1. The molecule has 0 saturated heterocycles. The van der Waals surface area contributed by atoms with Gasteiger partial charge in [-0.25, -0.2) is 19.2 Å². The smallest absolute Gasteiger partial charge is 0.418 e. The molecule has 0 bridgehead atoms. The highest BCUT2D eigenvalue weighted by molar-refractivity contribution is 6.30. The van der Waals surface area contributed by atoms with E-state index in [0.717, 1.165) is 0 Å². The van der Waals surface area contributed by atoms with Crippen LogP contribution in [0.2, 0.25) is 0 Å². The van der Waals surface area contributed by atoms with Crippen LogP contribution in [0, 0.1) is 11.8 Å². The highest BCUT2D eigenvalue weighted by Gasteiger charge is 2.46. The Hall–Kier alpha value is -4.84. The molecule has 2 unspecified atom stereocenters. The van der Waals surface area contributed by atoms with Gasteiger partial charge in [0, 0.05) is 12.1 Å². The van der Waals surface area contributed by atoms with Crippen molar-refractivity contribution in [3.63, 3.8) is 0 Å². The van der Waals surface area contributed by atoms with Crippen LogP contribution >= 0.6 is 0 Å². The van der Waals surface area contributed by atoms with E-state index in [-0.39, 0.29) is 12.8 Å². The molecule has 60 heavy (non-hydrogen) atoms. The normalized spacial score (nSPS) is 20.4. The summed E-state index contributed by atoms with van der Waals surface area (Å²) in [5.74, 6) is -9.54. The van der Waals surface area contributed by atoms with Crippen molar-refractivity contribution in [2.24, 2.45) is 11.8 Å². The largest absolute Gasteiger partial charge is 0.481 e. The van der Waals surface area contributed by atoms with Gasteiger partial charge in [-0.05, 0) is 124 Å². The molecule has 2 aliphatic rings. The summed E-state index contributed by atoms with van der Waals surface area (Å²) in [6.45, 7) is 25.7. The average Bonchev–Trinajstić information content (AvgIpc) is 3.69. The second-order valence-corrected chi connectivity index (χ2v) is 19.6. The van der Waals surface area contributed by atoms with E-state index in [9.17, 15) is 38.4 Å². The zero-order chi connectivity index (χ0) is 47.0. The third kappa shape index (κ3) is 19.0. The fraction of sp³-hybridized carbons (Fsp3) is 0.714. The molecule has 18 nitrogen and oxygen atoms in total. The molecule has 0 spiro atoms. The Kier molecular flexibility index (Phi) is 17.9. The zero-order valence-electron chi connectivity index (χ0n) is 37.8. The van der Waals surface area contributed by atoms with Crippen molar-refractivity contribution in [3.05, 3.63) is 24.3 Å². The number of ether oxygens (including phenoxy) is 6. The van der Waals surface area contributed by atoms with Crippen LogP contribution in [0.3, 0.4) is 0 Å². The lowest BCUT2D eigenvalue weighted by Crippen LogP contribution is -2.58. The Bertz CT molecular complexity index is 1540. The van der Waals surface area contributed by atoms with Crippen LogP contribution in [0.25, 0.3) is 0 Å². The molecule has 2 rings (SSSR count). The lowest BCUT2D eigenvalue weighted by atomic mass is 9.96. The molecule has 2 aliphatic carbocycles. The predicted octanol–water partition coefficient (Wildman–Crippen LogP) is 3.96. The van der Waals surface area contributed by atoms with E-state index in [1.54, 1.807) is 95.2 Å². The van der Waals surface area contributed by atoms with Gasteiger partial charge < -0.3 is 38.6 Å². The van der Waals surface area contributed by atoms with Gasteiger partial charge in [-0.15, -0.1) is 0 Å². The average molecular weight is 855 g/mol. The minimum absolute atomic E-state index is 0.227. The number of carbonyl (C=O) groups is 8. The Morgan fingerprint density at radius 3 is 0.900 bits per heavy atom. The molecule has 0 saturated carbocycles. The van der Waals surface area contributed by atoms with E-state index in [2.05, 4.69) is 10.6 Å². The second-order valence-electron chi connectivity index (χ2n) is 19.6. The third-order valence-electron chi connectivity index (χ3n) is 8.08. The van der Waals surface area contributed by atoms with Gasteiger partial charge in [0.25, 0.3) is 0 Å². The van der Waals surface area contributed by atoms with Crippen molar-refractivity contribution < 1.29 is 77.0 Å². The Morgan fingerprint density at radius 1 is 0.433 bits per heavy atom. The van der Waals surface area contributed by atoms with E-state index < -0.39 is 117 Å². The first-order valence-corrected chi connectivity index (χ1v) is 19.5. The number of hydrogen-bond donors (Lipinski definition) is 4. The van der Waals surface area contributed by atoms with Gasteiger partial charge in [-0.3, -0.25) is 29.8 Å². The van der Waals surface area contributed by atoms with Gasteiger partial charge in [-0.2, -0.15) is 0 Å². The minimum atomic E-state index is -1.49. The van der Waals surface area contributed by atoms with Crippen LogP contribution in [0.5, 0.6) is 0 Å². The number of carboxylic acid groups (broad SMARTS) is 2. The Balaban J connectivity index is 0.000000600. The maximum Gasteiger partial charge on any atom is 0.418 e. The Morgan fingerprint density at radius 2 is 0.683 bits per heavy atom. The summed E-state index contributed by atoms with van der Waals surface area (Å²) >= 11 is 0. The fourth-order valence-corrected chi connectivity index (χ4v) is 5.58. The predicted molar refractivity (Wildman–Crippen MR) is 215 cm³/mol. The van der Waals surface area contributed by atoms with Crippen LogP contribution in [0.4, 0.5) is 0 Å². The topological polar surface area (TPSA) is 256 Å². The van der Waals surface area contributed by atoms with Gasteiger partial charge in [0.15, 0.2) is 0 Å². The van der Waals surface area contributed by atoms with Gasteiger partial charge in [-0.1, -0.05) is 24.3 Å². The molecule has 0 aromatic heterocycles. The van der Waals surface area contributed by atoms with E-state index >= 15 is 0 Å². The molecule has 0 heterocycles. The molecular weight excluding hydrogens is 788 g/mol. The summed E-state index contributed by atoms with van der Waals surface area (Å²) in [5, 5.41) is 24.3. The van der Waals surface area contributed by atoms with Gasteiger partial charge >= 0.3 is 47.8 Å². The first kappa shape index (κ1) is 53.2. The summed E-state index contributed by atoms with van der Waals surface area (Å²) in [4.78, 5) is 96.6. The summed E-state index contributed by atoms with van der Waals surface area (Å²) in [6, 6.07) is -3.23. The van der Waals surface area contributed by atoms with Crippen molar-refractivity contribution >= 4 is 47.8 Å². The number of carboxylic acids is 2. The highest BCUT2D eigenvalue weighted by atomic mass is 16.6. The van der Waals surface area contributed by atoms with Crippen molar-refractivity contribution in [2.75, 3.05) is 0 Å². The maximum atomic E-state index is 12.9. The zero-order valence-corrected chi connectivity index (χ0v) is 37.8. The number of hydrogen-bond acceptors (Lipinski definition) is 16. The van der Waals surface area contributed by atoms with Crippen LogP contribution in [0.1, 0.15) is 124 Å². The number of aliphatic carboxylic acids is 2. The number of esters is 6. The molecule has 6 atom stereocenters. The minimum Gasteiger partial charge on any atom is -0.481 e. The number of nitrogens with one attached hydrogen (secondary N) is 2. The molecular formula is C42H66N2O16. The highest BCUT2D eigenvalue weighted by Crippen LogP contribution is 2.27. The molecule has 0 aliphatic heterocycles. The maximum absolute atomic E-state index is 12.9. The lowest BCUT2D eigenvalue weighted by molar-refractivity contribution is -0.187. The van der Waals surface area contributed by atoms with Gasteiger partial charge in [0.1, 0.15) is 45.7 Å². The third-order valence-corrected chi connectivity index (χ3v) is 8.08. The van der Waals surface area contributed by atoms with E-state index in [1.165, 1.54) is 39.8 Å². The van der Waals surface area contributed by atoms with Gasteiger partial charge in [0.2, 0.25) is 0 Å². The first-order valence-electron chi connectivity index (χ1n) is 19.5. The first-order chi connectivity index (χ1) is 26.8. The van der Waals surface area contributed by atoms with Crippen LogP contribution < -0.4 is 10.6 Å². The monoisotopic (exact) mass is 854 g/mol. The quantitative estimate of drug-likeness (QED) is 0.0938. The van der Waals surface area contributed by atoms with Crippen LogP contribution in [-0.4, -0.2) is 116 Å². The molecule has 4 N–H and O–H groups in total. The van der Waals surface area contributed by atoms with Crippen molar-refractivity contribution in [3.8, 4) is 0 Å². The molecule has 0 radical (unpaired) electrons. The van der Waals surface area contributed by atoms with Crippen LogP contribution in [0.15, 0.2) is 24.3 Å². The summed E-state index contributed by atoms with van der Waals surface area (Å²) in [6.07, 6.45) is 6.80. The van der Waals surface area contributed by atoms with E-state index in [0.29, 0.717) is 0 Å². The SMILES string of the molecule is CC(C)(C)OC(=O)C(=O)OC(C)(C)C(N[C@@H]1C=C[C@H](C(=O)O)C1)C(=O)OC(C)(C)C.CC(C)(C)OC(=O)C(=O)OC(C)(C)C(N[C@H]1C=C[C@@H](C(=O)O)C1)C(=O)OC(C)(C)C. The summed E-state index contributed by atoms with van der Waals surface area (Å²) in [7, 11) is 0. The van der Waals surface area contributed by atoms with E-state index in [1.807, 2.05) is 0 Å². The van der Waals surface area contributed by atoms with Gasteiger partial charge in [0.05, 0.1) is 11.8 Å². The molecule has 0 aromatic rings. The molecule has 0 aromatic carbocycles. The molecule has 340 valence electrons. The second kappa shape index (κ2) is 20.1. The van der Waals surface area contributed by atoms with Crippen molar-refractivity contribution in [1.82, 2.24) is 10.6 Å².